The second-order valence-corrected chi connectivity index (χ2v) is 7.26. The highest BCUT2D eigenvalue weighted by Gasteiger charge is 2.21. The van der Waals surface area contributed by atoms with Gasteiger partial charge in [0.2, 0.25) is 0 Å². The molecule has 1 saturated carbocycles. The molecule has 1 aromatic heterocycles. The SMILES string of the molecule is Cc1ccc(-c2nc(C)c(C(=O)NCC3CCC3)s2)c(C)c1. The molecule has 0 spiro atoms. The molecule has 116 valence electrons. The molecule has 1 N–H and O–H groups in total. The fourth-order valence-electron chi connectivity index (χ4n) is 2.79. The Hall–Kier alpha value is -1.68. The molecular weight excluding hydrogens is 292 g/mol. The normalized spacial score (nSPS) is 14.7. The van der Waals surface area contributed by atoms with E-state index in [2.05, 4.69) is 42.3 Å². The Morgan fingerprint density at radius 2 is 2.09 bits per heavy atom. The van der Waals surface area contributed by atoms with E-state index in [1.807, 2.05) is 6.92 Å². The standard InChI is InChI=1S/C18H22N2OS/c1-11-7-8-15(12(2)9-11)18-20-13(3)16(22-18)17(21)19-10-14-5-4-6-14/h7-9,14H,4-6,10H2,1-3H3,(H,19,21). The van der Waals surface area contributed by atoms with Gasteiger partial charge in [-0.15, -0.1) is 11.3 Å². The van der Waals surface area contributed by atoms with Crippen molar-refractivity contribution in [2.45, 2.75) is 40.0 Å². The molecule has 2 aromatic rings. The van der Waals surface area contributed by atoms with E-state index in [0.717, 1.165) is 27.7 Å². The number of rotatable bonds is 4. The molecule has 0 saturated heterocycles. The summed E-state index contributed by atoms with van der Waals surface area (Å²) in [6, 6.07) is 6.34. The third kappa shape index (κ3) is 3.07. The van der Waals surface area contributed by atoms with Crippen LogP contribution in [0.1, 0.15) is 45.8 Å². The van der Waals surface area contributed by atoms with Crippen LogP contribution in [0.5, 0.6) is 0 Å². The quantitative estimate of drug-likeness (QED) is 0.916. The monoisotopic (exact) mass is 314 g/mol. The smallest absolute Gasteiger partial charge is 0.263 e. The minimum atomic E-state index is 0.0258. The highest BCUT2D eigenvalue weighted by Crippen LogP contribution is 2.31. The molecule has 1 fully saturated rings. The van der Waals surface area contributed by atoms with Crippen LogP contribution in [0.15, 0.2) is 18.2 Å². The van der Waals surface area contributed by atoms with Crippen molar-refractivity contribution in [2.24, 2.45) is 5.92 Å². The topological polar surface area (TPSA) is 42.0 Å². The number of benzene rings is 1. The molecule has 1 aliphatic rings. The summed E-state index contributed by atoms with van der Waals surface area (Å²) in [5.41, 5.74) is 4.39. The molecule has 22 heavy (non-hydrogen) atoms. The predicted octanol–water partition coefficient (Wildman–Crippen LogP) is 4.27. The fraction of sp³-hybridized carbons (Fsp3) is 0.444. The first-order valence-corrected chi connectivity index (χ1v) is 8.69. The number of aryl methyl sites for hydroxylation is 3. The molecule has 0 unspecified atom stereocenters. The Bertz CT molecular complexity index is 701. The van der Waals surface area contributed by atoms with Gasteiger partial charge in [0.05, 0.1) is 5.69 Å². The van der Waals surface area contributed by atoms with E-state index in [1.165, 1.54) is 41.7 Å². The molecule has 0 aliphatic heterocycles. The number of hydrogen-bond donors (Lipinski definition) is 1. The summed E-state index contributed by atoms with van der Waals surface area (Å²) in [5, 5.41) is 4.00. The largest absolute Gasteiger partial charge is 0.351 e. The highest BCUT2D eigenvalue weighted by atomic mass is 32.1. The number of hydrogen-bond acceptors (Lipinski definition) is 3. The van der Waals surface area contributed by atoms with Crippen molar-refractivity contribution < 1.29 is 4.79 Å². The number of carbonyl (C=O) groups is 1. The molecule has 0 atom stereocenters. The number of thiazole rings is 1. The van der Waals surface area contributed by atoms with Crippen LogP contribution >= 0.6 is 11.3 Å². The molecule has 1 aliphatic carbocycles. The van der Waals surface area contributed by atoms with Crippen molar-refractivity contribution >= 4 is 17.2 Å². The number of carbonyl (C=O) groups excluding carboxylic acids is 1. The van der Waals surface area contributed by atoms with E-state index in [9.17, 15) is 4.79 Å². The van der Waals surface area contributed by atoms with Crippen LogP contribution in [0.4, 0.5) is 0 Å². The average molecular weight is 314 g/mol. The average Bonchev–Trinajstić information content (AvgIpc) is 2.78. The zero-order chi connectivity index (χ0) is 15.7. The van der Waals surface area contributed by atoms with Crippen LogP contribution < -0.4 is 5.32 Å². The van der Waals surface area contributed by atoms with Crippen molar-refractivity contribution in [3.8, 4) is 10.6 Å². The number of nitrogens with one attached hydrogen (secondary N) is 1. The van der Waals surface area contributed by atoms with Crippen molar-refractivity contribution in [1.29, 1.82) is 0 Å². The molecule has 0 bridgehead atoms. The Kier molecular flexibility index (Phi) is 4.30. The van der Waals surface area contributed by atoms with E-state index in [-0.39, 0.29) is 5.91 Å². The number of nitrogens with zero attached hydrogens (tertiary/aromatic N) is 1. The molecular formula is C18H22N2OS. The molecule has 3 rings (SSSR count). The third-order valence-corrected chi connectivity index (χ3v) is 5.58. The zero-order valence-corrected chi connectivity index (χ0v) is 14.2. The zero-order valence-electron chi connectivity index (χ0n) is 13.4. The minimum Gasteiger partial charge on any atom is -0.351 e. The molecule has 1 heterocycles. The first-order valence-electron chi connectivity index (χ1n) is 7.88. The first-order chi connectivity index (χ1) is 10.5. The maximum Gasteiger partial charge on any atom is 0.263 e. The summed E-state index contributed by atoms with van der Waals surface area (Å²) >= 11 is 1.49. The van der Waals surface area contributed by atoms with Crippen LogP contribution in [0, 0.1) is 26.7 Å². The molecule has 4 heteroatoms. The van der Waals surface area contributed by atoms with Crippen LogP contribution in [0.2, 0.25) is 0 Å². The van der Waals surface area contributed by atoms with Crippen LogP contribution in [-0.4, -0.2) is 17.4 Å². The van der Waals surface area contributed by atoms with Crippen LogP contribution in [0.25, 0.3) is 10.6 Å². The summed E-state index contributed by atoms with van der Waals surface area (Å²) in [6.07, 6.45) is 3.79. The number of amides is 1. The summed E-state index contributed by atoms with van der Waals surface area (Å²) < 4.78 is 0. The van der Waals surface area contributed by atoms with Crippen molar-refractivity contribution in [1.82, 2.24) is 10.3 Å². The fourth-order valence-corrected chi connectivity index (χ4v) is 3.86. The van der Waals surface area contributed by atoms with Gasteiger partial charge in [0.1, 0.15) is 9.88 Å². The summed E-state index contributed by atoms with van der Waals surface area (Å²) in [5.74, 6) is 0.703. The second kappa shape index (κ2) is 6.21. The third-order valence-electron chi connectivity index (χ3n) is 4.39. The van der Waals surface area contributed by atoms with Gasteiger partial charge in [0, 0.05) is 12.1 Å². The minimum absolute atomic E-state index is 0.0258. The Labute approximate surface area is 135 Å². The highest BCUT2D eigenvalue weighted by molar-refractivity contribution is 7.17. The van der Waals surface area contributed by atoms with Crippen LogP contribution in [-0.2, 0) is 0 Å². The van der Waals surface area contributed by atoms with Gasteiger partial charge in [0.15, 0.2) is 0 Å². The first kappa shape index (κ1) is 15.2. The van der Waals surface area contributed by atoms with Gasteiger partial charge in [-0.05, 0) is 45.1 Å². The summed E-state index contributed by atoms with van der Waals surface area (Å²) in [4.78, 5) is 17.7. The van der Waals surface area contributed by atoms with Crippen molar-refractivity contribution in [2.75, 3.05) is 6.54 Å². The lowest BCUT2D eigenvalue weighted by molar-refractivity contribution is 0.0942. The lowest BCUT2D eigenvalue weighted by atomic mass is 9.85. The van der Waals surface area contributed by atoms with Gasteiger partial charge in [-0.1, -0.05) is 30.2 Å². The van der Waals surface area contributed by atoms with E-state index < -0.39 is 0 Å². The van der Waals surface area contributed by atoms with Gasteiger partial charge >= 0.3 is 0 Å². The van der Waals surface area contributed by atoms with E-state index >= 15 is 0 Å². The summed E-state index contributed by atoms with van der Waals surface area (Å²) in [7, 11) is 0. The molecule has 1 aromatic carbocycles. The lowest BCUT2D eigenvalue weighted by Crippen LogP contribution is -2.32. The summed E-state index contributed by atoms with van der Waals surface area (Å²) in [6.45, 7) is 6.90. The van der Waals surface area contributed by atoms with E-state index in [1.54, 1.807) is 0 Å². The van der Waals surface area contributed by atoms with Crippen molar-refractivity contribution in [3.05, 3.63) is 39.9 Å². The Morgan fingerprint density at radius 3 is 2.73 bits per heavy atom. The van der Waals surface area contributed by atoms with Gasteiger partial charge in [-0.25, -0.2) is 4.98 Å². The number of aromatic nitrogens is 1. The lowest BCUT2D eigenvalue weighted by Gasteiger charge is -2.25. The van der Waals surface area contributed by atoms with E-state index in [4.69, 9.17) is 0 Å². The van der Waals surface area contributed by atoms with E-state index in [0.29, 0.717) is 5.92 Å². The van der Waals surface area contributed by atoms with Crippen molar-refractivity contribution in [3.63, 3.8) is 0 Å². The Balaban J connectivity index is 1.79. The molecule has 0 radical (unpaired) electrons. The Morgan fingerprint density at radius 1 is 1.32 bits per heavy atom. The van der Waals surface area contributed by atoms with Gasteiger partial charge < -0.3 is 5.32 Å². The maximum atomic E-state index is 12.4. The predicted molar refractivity (Wildman–Crippen MR) is 91.4 cm³/mol. The van der Waals surface area contributed by atoms with Gasteiger partial charge in [-0.2, -0.15) is 0 Å². The van der Waals surface area contributed by atoms with Gasteiger partial charge in [0.25, 0.3) is 5.91 Å². The second-order valence-electron chi connectivity index (χ2n) is 6.26. The van der Waals surface area contributed by atoms with Gasteiger partial charge in [-0.3, -0.25) is 4.79 Å². The molecule has 3 nitrogen and oxygen atoms in total. The maximum absolute atomic E-state index is 12.4. The van der Waals surface area contributed by atoms with Crippen LogP contribution in [0.3, 0.4) is 0 Å². The molecule has 1 amide bonds.